The smallest absolute Gasteiger partial charge is 0.198 e. The number of fused-ring (bicyclic) bond motifs is 3. The van der Waals surface area contributed by atoms with Crippen LogP contribution in [-0.2, 0) is 0 Å². The van der Waals surface area contributed by atoms with Crippen molar-refractivity contribution in [3.8, 4) is 0 Å². The maximum Gasteiger partial charge on any atom is 0.198 e. The Bertz CT molecular complexity index is 1500. The van der Waals surface area contributed by atoms with Crippen molar-refractivity contribution < 1.29 is 0 Å². The Morgan fingerprint density at radius 1 is 0.533 bits per heavy atom. The summed E-state index contributed by atoms with van der Waals surface area (Å²) in [6, 6.07) is 0. The Morgan fingerprint density at radius 3 is 1.60 bits per heavy atom. The summed E-state index contributed by atoms with van der Waals surface area (Å²) in [5, 5.41) is 0. The fourth-order valence-corrected chi connectivity index (χ4v) is 2.89. The number of hydrogen-bond acceptors (Lipinski definition) is 9. The molecule has 30 heavy (non-hydrogen) atoms. The minimum Gasteiger partial charge on any atom is -0.342 e. The van der Waals surface area contributed by atoms with Gasteiger partial charge in [0.1, 0.15) is 16.6 Å². The number of rotatable bonds is 0. The molecule has 6 aromatic heterocycles. The first-order valence-electron chi connectivity index (χ1n) is 8.24. The number of nitrogens with one attached hydrogen (secondary N) is 6. The highest BCUT2D eigenvalue weighted by Gasteiger charge is 1.95. The van der Waals surface area contributed by atoms with Gasteiger partial charge >= 0.3 is 0 Å². The van der Waals surface area contributed by atoms with E-state index in [0.717, 1.165) is 33.5 Å². The lowest BCUT2D eigenvalue weighted by Gasteiger charge is -1.84. The lowest BCUT2D eigenvalue weighted by Crippen LogP contribution is -1.80. The summed E-state index contributed by atoms with van der Waals surface area (Å²) in [7, 11) is 0. The van der Waals surface area contributed by atoms with E-state index >= 15 is 0 Å². The minimum atomic E-state index is 0.458. The number of H-pyrrole nitrogens is 6. The Kier molecular flexibility index (Phi) is 5.73. The number of aromatic nitrogens is 12. The molecule has 0 atom stereocenters. The van der Waals surface area contributed by atoms with Gasteiger partial charge in [0.25, 0.3) is 0 Å². The van der Waals surface area contributed by atoms with Gasteiger partial charge in [0.15, 0.2) is 31.0 Å². The molecule has 0 fully saturated rings. The molecule has 15 heteroatoms. The van der Waals surface area contributed by atoms with E-state index in [1.165, 1.54) is 12.7 Å². The van der Waals surface area contributed by atoms with E-state index in [2.05, 4.69) is 59.8 Å². The van der Waals surface area contributed by atoms with E-state index in [1.807, 2.05) is 0 Å². The van der Waals surface area contributed by atoms with Gasteiger partial charge in [-0.25, -0.2) is 29.9 Å². The monoisotopic (exact) mass is 456 g/mol. The predicted molar refractivity (Wildman–Crippen MR) is 117 cm³/mol. The van der Waals surface area contributed by atoms with Crippen LogP contribution in [0.2, 0.25) is 0 Å². The molecule has 0 saturated heterocycles. The van der Waals surface area contributed by atoms with Gasteiger partial charge in [-0.3, -0.25) is 0 Å². The normalized spacial score (nSPS) is 10.4. The van der Waals surface area contributed by atoms with Crippen molar-refractivity contribution in [3.05, 3.63) is 51.9 Å². The molecule has 0 aromatic carbocycles. The highest BCUT2D eigenvalue weighted by atomic mass is 32.1. The lowest BCUT2D eigenvalue weighted by atomic mass is 10.6. The van der Waals surface area contributed by atoms with E-state index < -0.39 is 0 Å². The highest BCUT2D eigenvalue weighted by Crippen LogP contribution is 2.04. The summed E-state index contributed by atoms with van der Waals surface area (Å²) < 4.78 is 1.55. The summed E-state index contributed by atoms with van der Waals surface area (Å²) >= 11 is 14.6. The van der Waals surface area contributed by atoms with Crippen LogP contribution in [0.1, 0.15) is 0 Å². The third-order valence-corrected chi connectivity index (χ3v) is 4.50. The standard InChI is InChI=1S/3C5H4N4S/c2*10-5-3-4(7-1-6-3)8-2-9-5;10-5-6-1-3-4(9-5)8-2-7-3/h3*1-2H,(H2,6,7,8,9,10). The van der Waals surface area contributed by atoms with Crippen molar-refractivity contribution >= 4 is 70.1 Å². The zero-order valence-corrected chi connectivity index (χ0v) is 17.3. The van der Waals surface area contributed by atoms with Crippen molar-refractivity contribution in [2.75, 3.05) is 0 Å². The first kappa shape index (κ1) is 19.6. The molecule has 0 bridgehead atoms. The third kappa shape index (κ3) is 4.32. The molecule has 0 amide bonds. The second kappa shape index (κ2) is 8.76. The van der Waals surface area contributed by atoms with Crippen molar-refractivity contribution in [1.82, 2.24) is 59.8 Å². The van der Waals surface area contributed by atoms with Gasteiger partial charge in [0, 0.05) is 0 Å². The molecule has 150 valence electrons. The largest absolute Gasteiger partial charge is 0.342 e. The van der Waals surface area contributed by atoms with Crippen molar-refractivity contribution in [3.63, 3.8) is 0 Å². The summed E-state index contributed by atoms with van der Waals surface area (Å²) in [6.45, 7) is 0. The molecule has 0 spiro atoms. The van der Waals surface area contributed by atoms with Crippen LogP contribution in [0, 0.1) is 14.1 Å². The van der Waals surface area contributed by atoms with Crippen molar-refractivity contribution in [1.29, 1.82) is 0 Å². The minimum absolute atomic E-state index is 0.458. The molecule has 0 aliphatic rings. The fraction of sp³-hybridized carbons (Fsp3) is 0. The summed E-state index contributed by atoms with van der Waals surface area (Å²) in [6.07, 6.45) is 9.48. The molecule has 12 nitrogen and oxygen atoms in total. The Labute approximate surface area is 181 Å². The Morgan fingerprint density at radius 2 is 1.03 bits per heavy atom. The SMILES string of the molecule is S=c1nc[nH]c2nc[nH]c12.S=c1nc[nH]c2nc[nH]c12.S=c1ncc2[nH]cnc2[nH]1. The van der Waals surface area contributed by atoms with Crippen LogP contribution in [-0.4, -0.2) is 59.8 Å². The van der Waals surface area contributed by atoms with Crippen LogP contribution in [0.3, 0.4) is 0 Å². The number of hydrogen-bond donors (Lipinski definition) is 6. The molecule has 6 heterocycles. The first-order chi connectivity index (χ1) is 14.6. The number of imidazole rings is 3. The molecular formula is C15H12N12S3. The maximum atomic E-state index is 4.91. The van der Waals surface area contributed by atoms with Gasteiger partial charge in [-0.05, 0) is 12.2 Å². The highest BCUT2D eigenvalue weighted by molar-refractivity contribution is 7.71. The number of aromatic amines is 6. The Balaban J connectivity index is 0.000000109. The molecule has 0 aliphatic heterocycles. The van der Waals surface area contributed by atoms with Crippen LogP contribution in [0.5, 0.6) is 0 Å². The molecule has 0 unspecified atom stereocenters. The van der Waals surface area contributed by atoms with Gasteiger partial charge in [-0.15, -0.1) is 0 Å². The summed E-state index contributed by atoms with van der Waals surface area (Å²) in [5.74, 6) is 0. The number of nitrogens with zero attached hydrogens (tertiary/aromatic N) is 6. The van der Waals surface area contributed by atoms with E-state index in [-0.39, 0.29) is 0 Å². The zero-order valence-electron chi connectivity index (χ0n) is 14.9. The van der Waals surface area contributed by atoms with Crippen LogP contribution in [0.4, 0.5) is 0 Å². The first-order valence-corrected chi connectivity index (χ1v) is 9.46. The molecule has 6 aromatic rings. The topological polar surface area (TPSA) is 172 Å². The van der Waals surface area contributed by atoms with E-state index in [1.54, 1.807) is 25.2 Å². The van der Waals surface area contributed by atoms with Crippen LogP contribution in [0.15, 0.2) is 37.8 Å². The average Bonchev–Trinajstić information content (AvgIpc) is 3.49. The van der Waals surface area contributed by atoms with Gasteiger partial charge in [-0.2, -0.15) is 0 Å². The average molecular weight is 457 g/mol. The summed E-state index contributed by atoms with van der Waals surface area (Å²) in [5.41, 5.74) is 4.70. The molecule has 0 radical (unpaired) electrons. The van der Waals surface area contributed by atoms with Gasteiger partial charge in [0.05, 0.1) is 37.8 Å². The Hall–Kier alpha value is -3.69. The van der Waals surface area contributed by atoms with Gasteiger partial charge in [-0.1, -0.05) is 24.4 Å². The van der Waals surface area contributed by atoms with Crippen LogP contribution < -0.4 is 0 Å². The predicted octanol–water partition coefficient (Wildman–Crippen LogP) is 3.05. The molecule has 0 saturated carbocycles. The summed E-state index contributed by atoms with van der Waals surface area (Å²) in [4.78, 5) is 40.7. The van der Waals surface area contributed by atoms with E-state index in [4.69, 9.17) is 36.7 Å². The second-order valence-corrected chi connectivity index (χ2v) is 6.68. The molecular weight excluding hydrogens is 444 g/mol. The van der Waals surface area contributed by atoms with Gasteiger partial charge in [0.2, 0.25) is 0 Å². The van der Waals surface area contributed by atoms with E-state index in [9.17, 15) is 0 Å². The molecule has 6 N–H and O–H groups in total. The van der Waals surface area contributed by atoms with Crippen molar-refractivity contribution in [2.45, 2.75) is 0 Å². The van der Waals surface area contributed by atoms with Crippen molar-refractivity contribution in [2.24, 2.45) is 0 Å². The fourth-order valence-electron chi connectivity index (χ4n) is 2.33. The quantitative estimate of drug-likeness (QED) is 0.188. The lowest BCUT2D eigenvalue weighted by molar-refractivity contribution is 1.17. The van der Waals surface area contributed by atoms with Gasteiger partial charge < -0.3 is 29.9 Å². The van der Waals surface area contributed by atoms with E-state index in [0.29, 0.717) is 14.1 Å². The molecule has 6 rings (SSSR count). The molecule has 0 aliphatic carbocycles. The zero-order chi connectivity index (χ0) is 20.9. The third-order valence-electron chi connectivity index (χ3n) is 3.68. The van der Waals surface area contributed by atoms with Crippen LogP contribution in [0.25, 0.3) is 33.5 Å². The van der Waals surface area contributed by atoms with Crippen LogP contribution >= 0.6 is 36.7 Å². The maximum absolute atomic E-state index is 4.91. The second-order valence-electron chi connectivity index (χ2n) is 5.52.